The smallest absolute Gasteiger partial charge is 0.103 e. The van der Waals surface area contributed by atoms with E-state index in [1.54, 1.807) is 0 Å². The van der Waals surface area contributed by atoms with Crippen LogP contribution in [-0.2, 0) is 0 Å². The molecule has 0 aromatic carbocycles. The Labute approximate surface area is 171 Å². The fourth-order valence-corrected chi connectivity index (χ4v) is 4.41. The van der Waals surface area contributed by atoms with Crippen molar-refractivity contribution in [1.29, 1.82) is 0 Å². The molecule has 1 rings (SSSR count). The van der Waals surface area contributed by atoms with Crippen LogP contribution in [0.25, 0.3) is 0 Å². The van der Waals surface area contributed by atoms with E-state index in [2.05, 4.69) is 56.8 Å². The summed E-state index contributed by atoms with van der Waals surface area (Å²) in [6.45, 7) is 12.8. The van der Waals surface area contributed by atoms with Gasteiger partial charge in [-0.25, -0.2) is 0 Å². The van der Waals surface area contributed by atoms with E-state index in [1.807, 2.05) is 0 Å². The van der Waals surface area contributed by atoms with E-state index < -0.39 is 0 Å². The maximum atomic E-state index is 2.57. The molecule has 0 spiro atoms. The molecule has 1 aliphatic heterocycles. The molecular weight excluding hydrogens is 328 g/mol. The van der Waals surface area contributed by atoms with Gasteiger partial charge in [-0.3, -0.25) is 0 Å². The molecule has 0 N–H and O–H groups in total. The van der Waals surface area contributed by atoms with Crippen LogP contribution in [0.2, 0.25) is 0 Å². The quantitative estimate of drug-likeness (QED) is 0.237. The van der Waals surface area contributed by atoms with Crippen LogP contribution >= 0.6 is 0 Å². The van der Waals surface area contributed by atoms with E-state index >= 15 is 0 Å². The minimum Gasteiger partial charge on any atom is -0.356 e. The number of hydrogen-bond acceptors (Lipinski definition) is 2. The van der Waals surface area contributed by atoms with Crippen LogP contribution in [0, 0.1) is 5.92 Å². The Balaban J connectivity index is 1.94. The molecule has 0 aromatic heterocycles. The van der Waals surface area contributed by atoms with E-state index in [0.29, 0.717) is 18.1 Å². The number of rotatable bonds is 17. The van der Waals surface area contributed by atoms with Gasteiger partial charge in [0.15, 0.2) is 0 Å². The summed E-state index contributed by atoms with van der Waals surface area (Å²) < 4.78 is 0. The van der Waals surface area contributed by atoms with Crippen LogP contribution in [-0.4, -0.2) is 28.6 Å². The standard InChI is InChI=1S/C25H50N2/c1-6-7-8-9-10-11-12-13-14-15-16-17-18-19-20-26-21-22-27(24(4)5)25(26)23(2)3/h21-25H,6-20H2,1-5H3. The minimum atomic E-state index is 0.562. The zero-order valence-corrected chi connectivity index (χ0v) is 19.4. The molecule has 1 heterocycles. The van der Waals surface area contributed by atoms with Crippen LogP contribution < -0.4 is 0 Å². The molecule has 0 aromatic rings. The first-order valence-corrected chi connectivity index (χ1v) is 12.3. The third-order valence-electron chi connectivity index (χ3n) is 6.04. The number of hydrogen-bond donors (Lipinski definition) is 0. The molecule has 0 bridgehead atoms. The van der Waals surface area contributed by atoms with Crippen molar-refractivity contribution in [1.82, 2.24) is 9.80 Å². The number of unbranched alkanes of at least 4 members (excludes halogenated alkanes) is 13. The number of nitrogens with zero attached hydrogens (tertiary/aromatic N) is 2. The van der Waals surface area contributed by atoms with Gasteiger partial charge in [0.05, 0.1) is 0 Å². The first-order chi connectivity index (χ1) is 13.1. The molecule has 160 valence electrons. The third kappa shape index (κ3) is 10.5. The molecule has 0 aliphatic carbocycles. The third-order valence-corrected chi connectivity index (χ3v) is 6.04. The average Bonchev–Trinajstić information content (AvgIpc) is 3.06. The van der Waals surface area contributed by atoms with E-state index in [9.17, 15) is 0 Å². The Kier molecular flexibility index (Phi) is 13.8. The minimum absolute atomic E-state index is 0.562. The first-order valence-electron chi connectivity index (χ1n) is 12.3. The van der Waals surface area contributed by atoms with Crippen LogP contribution in [0.5, 0.6) is 0 Å². The molecule has 2 heteroatoms. The Bertz CT molecular complexity index is 361. The second-order valence-electron chi connectivity index (χ2n) is 9.33. The van der Waals surface area contributed by atoms with Crippen molar-refractivity contribution < 1.29 is 0 Å². The predicted molar refractivity (Wildman–Crippen MR) is 122 cm³/mol. The van der Waals surface area contributed by atoms with Crippen LogP contribution in [0.15, 0.2) is 12.4 Å². The normalized spacial score (nSPS) is 17.1. The molecule has 0 fully saturated rings. The zero-order chi connectivity index (χ0) is 19.9. The molecule has 1 aliphatic rings. The highest BCUT2D eigenvalue weighted by Crippen LogP contribution is 2.25. The maximum Gasteiger partial charge on any atom is 0.103 e. The molecule has 0 radical (unpaired) electrons. The summed E-state index contributed by atoms with van der Waals surface area (Å²) in [5, 5.41) is 0. The fraction of sp³-hybridized carbons (Fsp3) is 0.920. The summed E-state index contributed by atoms with van der Waals surface area (Å²) in [5.74, 6) is 0.675. The molecule has 0 saturated heterocycles. The maximum absolute atomic E-state index is 2.57. The lowest BCUT2D eigenvalue weighted by molar-refractivity contribution is 0.0843. The largest absolute Gasteiger partial charge is 0.356 e. The molecule has 2 nitrogen and oxygen atoms in total. The zero-order valence-electron chi connectivity index (χ0n) is 19.4. The van der Waals surface area contributed by atoms with Gasteiger partial charge in [0.1, 0.15) is 6.17 Å². The Hall–Kier alpha value is -0.660. The van der Waals surface area contributed by atoms with Crippen molar-refractivity contribution in [3.05, 3.63) is 12.4 Å². The summed E-state index contributed by atoms with van der Waals surface area (Å²) in [6, 6.07) is 0.593. The average molecular weight is 379 g/mol. The van der Waals surface area contributed by atoms with Crippen molar-refractivity contribution in [3.63, 3.8) is 0 Å². The first kappa shape index (κ1) is 24.4. The highest BCUT2D eigenvalue weighted by molar-refractivity contribution is 4.99. The molecule has 1 unspecified atom stereocenters. The molecular formula is C25H50N2. The summed E-state index contributed by atoms with van der Waals surface area (Å²) in [5.41, 5.74) is 0. The van der Waals surface area contributed by atoms with E-state index in [4.69, 9.17) is 0 Å². The Morgan fingerprint density at radius 1 is 0.630 bits per heavy atom. The lowest BCUT2D eigenvalue weighted by Gasteiger charge is -2.38. The Morgan fingerprint density at radius 3 is 1.48 bits per heavy atom. The van der Waals surface area contributed by atoms with Crippen molar-refractivity contribution in [3.8, 4) is 0 Å². The van der Waals surface area contributed by atoms with Crippen LogP contribution in [0.4, 0.5) is 0 Å². The predicted octanol–water partition coefficient (Wildman–Crippen LogP) is 7.95. The lowest BCUT2D eigenvalue weighted by atomic mass is 10.0. The lowest BCUT2D eigenvalue weighted by Crippen LogP contribution is -2.45. The van der Waals surface area contributed by atoms with Gasteiger partial charge in [-0.2, -0.15) is 0 Å². The van der Waals surface area contributed by atoms with Crippen molar-refractivity contribution in [2.45, 2.75) is 137 Å². The van der Waals surface area contributed by atoms with E-state index in [-0.39, 0.29) is 0 Å². The summed E-state index contributed by atoms with van der Waals surface area (Å²) in [6.07, 6.45) is 25.3. The van der Waals surface area contributed by atoms with E-state index in [1.165, 1.54) is 96.4 Å². The van der Waals surface area contributed by atoms with Gasteiger partial charge in [0, 0.05) is 25.0 Å². The highest BCUT2D eigenvalue weighted by Gasteiger charge is 2.29. The van der Waals surface area contributed by atoms with Gasteiger partial charge in [-0.15, -0.1) is 0 Å². The monoisotopic (exact) mass is 378 g/mol. The highest BCUT2D eigenvalue weighted by atomic mass is 15.4. The van der Waals surface area contributed by atoms with Gasteiger partial charge in [-0.1, -0.05) is 104 Å². The van der Waals surface area contributed by atoms with Gasteiger partial charge in [-0.05, 0) is 26.2 Å². The second kappa shape index (κ2) is 15.3. The van der Waals surface area contributed by atoms with Crippen molar-refractivity contribution in [2.75, 3.05) is 6.54 Å². The topological polar surface area (TPSA) is 6.48 Å². The fourth-order valence-electron chi connectivity index (χ4n) is 4.41. The second-order valence-corrected chi connectivity index (χ2v) is 9.33. The summed E-state index contributed by atoms with van der Waals surface area (Å²) in [7, 11) is 0. The van der Waals surface area contributed by atoms with E-state index in [0.717, 1.165) is 0 Å². The van der Waals surface area contributed by atoms with Gasteiger partial charge in [0.2, 0.25) is 0 Å². The molecule has 0 saturated carbocycles. The molecule has 1 atom stereocenters. The summed E-state index contributed by atoms with van der Waals surface area (Å²) in [4.78, 5) is 5.10. The summed E-state index contributed by atoms with van der Waals surface area (Å²) >= 11 is 0. The Morgan fingerprint density at radius 2 is 1.07 bits per heavy atom. The molecule has 0 amide bonds. The van der Waals surface area contributed by atoms with Crippen LogP contribution in [0.1, 0.15) is 125 Å². The molecule has 27 heavy (non-hydrogen) atoms. The van der Waals surface area contributed by atoms with Crippen LogP contribution in [0.3, 0.4) is 0 Å². The van der Waals surface area contributed by atoms with Crippen molar-refractivity contribution >= 4 is 0 Å². The van der Waals surface area contributed by atoms with Gasteiger partial charge < -0.3 is 9.80 Å². The SMILES string of the molecule is CCCCCCCCCCCCCCCCN1C=CN(C(C)C)C1C(C)C. The van der Waals surface area contributed by atoms with Crippen molar-refractivity contribution in [2.24, 2.45) is 5.92 Å². The van der Waals surface area contributed by atoms with Gasteiger partial charge >= 0.3 is 0 Å². The van der Waals surface area contributed by atoms with Gasteiger partial charge in [0.25, 0.3) is 0 Å².